The van der Waals surface area contributed by atoms with E-state index in [0.29, 0.717) is 17.5 Å². The first-order chi connectivity index (χ1) is 10.1. The molecule has 0 fully saturated rings. The predicted molar refractivity (Wildman–Crippen MR) is 76.2 cm³/mol. The molecule has 108 valence electrons. The number of hydrogen-bond acceptors (Lipinski definition) is 7. The third-order valence-electron chi connectivity index (χ3n) is 3.22. The summed E-state index contributed by atoms with van der Waals surface area (Å²) in [7, 11) is -2.48. The van der Waals surface area contributed by atoms with Crippen LogP contribution >= 0.6 is 8.30 Å². The molecule has 0 aliphatic carbocycles. The van der Waals surface area contributed by atoms with Gasteiger partial charge in [0.1, 0.15) is 19.4 Å². The smallest absolute Gasteiger partial charge is 0.347 e. The van der Waals surface area contributed by atoms with E-state index in [-0.39, 0.29) is 5.56 Å². The Morgan fingerprint density at radius 2 is 2.24 bits per heavy atom. The molecule has 0 radical (unpaired) electrons. The molecule has 0 saturated carbocycles. The van der Waals surface area contributed by atoms with Crippen molar-refractivity contribution < 1.29 is 14.1 Å². The fraction of sp³-hybridized carbons (Fsp3) is 0.231. The number of nitrogens with zero attached hydrogens (tertiary/aromatic N) is 3. The Hall–Kier alpha value is -2.11. The molecule has 2 heterocycles. The molecule has 1 aliphatic rings. The van der Waals surface area contributed by atoms with Crippen molar-refractivity contribution in [2.75, 3.05) is 6.54 Å². The molecule has 8 heteroatoms. The topological polar surface area (TPSA) is 98.3 Å². The van der Waals surface area contributed by atoms with Gasteiger partial charge in [-0.05, 0) is 24.3 Å². The molecule has 1 aromatic carbocycles. The van der Waals surface area contributed by atoms with Gasteiger partial charge in [0, 0.05) is 5.39 Å². The number of Topliss-reactive ketones (excluding diaryl/α,β-unsaturated/α-hetero) is 1. The number of rotatable bonds is 3. The minimum atomic E-state index is -2.48. The van der Waals surface area contributed by atoms with Crippen LogP contribution in [-0.4, -0.2) is 22.9 Å². The lowest BCUT2D eigenvalue weighted by Gasteiger charge is -2.18. The molecule has 0 spiro atoms. The van der Waals surface area contributed by atoms with Gasteiger partial charge in [-0.25, -0.2) is 4.79 Å². The Morgan fingerprint density at radius 1 is 1.48 bits per heavy atom. The van der Waals surface area contributed by atoms with Crippen LogP contribution in [0.5, 0.6) is 0 Å². The lowest BCUT2D eigenvalue weighted by atomic mass is 10.1. The third-order valence-corrected chi connectivity index (χ3v) is 4.98. The highest BCUT2D eigenvalue weighted by Gasteiger charge is 2.39. The lowest BCUT2D eigenvalue weighted by molar-refractivity contribution is -0.170. The first kappa shape index (κ1) is 13.9. The lowest BCUT2D eigenvalue weighted by Crippen LogP contribution is -2.28. The number of carbonyl (C=O) groups excluding carboxylic acids is 1. The van der Waals surface area contributed by atoms with Gasteiger partial charge in [0.25, 0.3) is 5.78 Å². The number of fused-ring (bicyclic) bond motifs is 1. The second-order valence-electron chi connectivity index (χ2n) is 4.51. The Labute approximate surface area is 120 Å². The SMILES string of the molecule is CCN1N=NC(C(=O)c2cc3ccccc3oc2=O)[PH+]1[O-]. The maximum atomic E-state index is 12.4. The van der Waals surface area contributed by atoms with Crippen molar-refractivity contribution in [2.24, 2.45) is 10.3 Å². The molecular formula is C13H12N3O4P. The van der Waals surface area contributed by atoms with Crippen molar-refractivity contribution in [3.63, 3.8) is 0 Å². The van der Waals surface area contributed by atoms with Gasteiger partial charge in [0.2, 0.25) is 5.78 Å². The van der Waals surface area contributed by atoms with Crippen molar-refractivity contribution in [3.8, 4) is 0 Å². The first-order valence-electron chi connectivity index (χ1n) is 6.41. The molecule has 2 aromatic rings. The van der Waals surface area contributed by atoms with Gasteiger partial charge in [-0.15, -0.1) is 5.11 Å². The predicted octanol–water partition coefficient (Wildman–Crippen LogP) is 1.41. The molecule has 0 N–H and O–H groups in total. The van der Waals surface area contributed by atoms with Gasteiger partial charge in [0.15, 0.2) is 0 Å². The first-order valence-corrected chi connectivity index (χ1v) is 7.84. The van der Waals surface area contributed by atoms with E-state index in [9.17, 15) is 14.5 Å². The van der Waals surface area contributed by atoms with Crippen LogP contribution in [0.15, 0.2) is 49.9 Å². The molecule has 2 unspecified atom stereocenters. The number of ketones is 1. The zero-order valence-corrected chi connectivity index (χ0v) is 12.1. The van der Waals surface area contributed by atoms with E-state index >= 15 is 0 Å². The fourth-order valence-corrected chi connectivity index (χ4v) is 3.38. The maximum Gasteiger partial charge on any atom is 0.347 e. The molecule has 1 aromatic heterocycles. The average molecular weight is 305 g/mol. The standard InChI is InChI=1S/C13H12N3O4P/c1-2-16-15-14-12(21(16)19)11(17)9-7-8-5-3-4-6-10(8)20-13(9)18/h3-7,12,21H,2H2,1H3. The van der Waals surface area contributed by atoms with E-state index in [0.717, 1.165) is 0 Å². The van der Waals surface area contributed by atoms with Crippen LogP contribution in [0.2, 0.25) is 0 Å². The molecule has 21 heavy (non-hydrogen) atoms. The van der Waals surface area contributed by atoms with Gasteiger partial charge >= 0.3 is 5.63 Å². The summed E-state index contributed by atoms with van der Waals surface area (Å²) in [6.45, 7) is 2.16. The summed E-state index contributed by atoms with van der Waals surface area (Å²) in [6.07, 6.45) is 0. The summed E-state index contributed by atoms with van der Waals surface area (Å²) in [5.41, 5.74) is -0.498. The zero-order chi connectivity index (χ0) is 15.0. The van der Waals surface area contributed by atoms with Crippen molar-refractivity contribution in [2.45, 2.75) is 12.7 Å². The van der Waals surface area contributed by atoms with Gasteiger partial charge in [-0.2, -0.15) is 4.78 Å². The van der Waals surface area contributed by atoms with Gasteiger partial charge < -0.3 is 9.31 Å². The van der Waals surface area contributed by atoms with Gasteiger partial charge in [-0.1, -0.05) is 18.2 Å². The van der Waals surface area contributed by atoms with Crippen molar-refractivity contribution in [1.82, 2.24) is 4.78 Å². The Bertz CT molecular complexity index is 788. The average Bonchev–Trinajstić information content (AvgIpc) is 2.86. The van der Waals surface area contributed by atoms with E-state index in [2.05, 4.69) is 10.3 Å². The molecule has 3 rings (SSSR count). The van der Waals surface area contributed by atoms with Gasteiger partial charge in [-0.3, -0.25) is 4.79 Å². The van der Waals surface area contributed by atoms with E-state index in [4.69, 9.17) is 4.42 Å². The molecule has 0 amide bonds. The highest BCUT2D eigenvalue weighted by molar-refractivity contribution is 7.49. The van der Waals surface area contributed by atoms with Gasteiger partial charge in [0.05, 0.1) is 6.54 Å². The largest absolute Gasteiger partial charge is 0.660 e. The second-order valence-corrected chi connectivity index (χ2v) is 6.25. The summed E-state index contributed by atoms with van der Waals surface area (Å²) in [5, 5.41) is 8.04. The van der Waals surface area contributed by atoms with Crippen LogP contribution in [-0.2, 0) is 0 Å². The summed E-state index contributed by atoms with van der Waals surface area (Å²) in [5.74, 6) is -1.72. The highest BCUT2D eigenvalue weighted by Crippen LogP contribution is 2.44. The Morgan fingerprint density at radius 3 is 2.95 bits per heavy atom. The van der Waals surface area contributed by atoms with E-state index in [1.165, 1.54) is 10.8 Å². The number of para-hydroxylation sites is 1. The van der Waals surface area contributed by atoms with Crippen LogP contribution in [0.4, 0.5) is 0 Å². The molecule has 0 bridgehead atoms. The van der Waals surface area contributed by atoms with Crippen molar-refractivity contribution in [1.29, 1.82) is 0 Å². The van der Waals surface area contributed by atoms with Crippen LogP contribution < -0.4 is 10.5 Å². The molecular weight excluding hydrogens is 293 g/mol. The number of hydrogen-bond donors (Lipinski definition) is 0. The summed E-state index contributed by atoms with van der Waals surface area (Å²) >= 11 is 0. The minimum Gasteiger partial charge on any atom is -0.660 e. The maximum absolute atomic E-state index is 12.4. The zero-order valence-electron chi connectivity index (χ0n) is 11.1. The second kappa shape index (κ2) is 5.35. The highest BCUT2D eigenvalue weighted by atomic mass is 31.2. The van der Waals surface area contributed by atoms with Crippen LogP contribution in [0, 0.1) is 0 Å². The van der Waals surface area contributed by atoms with E-state index in [1.807, 2.05) is 0 Å². The molecule has 1 aliphatic heterocycles. The minimum absolute atomic E-state index is 0.144. The summed E-state index contributed by atoms with van der Waals surface area (Å²) in [6, 6.07) is 8.32. The third kappa shape index (κ3) is 2.34. The quantitative estimate of drug-likeness (QED) is 0.485. The molecule has 0 saturated heterocycles. The Balaban J connectivity index is 2.01. The number of carbonyl (C=O) groups is 1. The summed E-state index contributed by atoms with van der Waals surface area (Å²) < 4.78 is 6.38. The fourth-order valence-electron chi connectivity index (χ4n) is 2.11. The van der Waals surface area contributed by atoms with E-state index < -0.39 is 25.5 Å². The van der Waals surface area contributed by atoms with Crippen molar-refractivity contribution >= 4 is 25.1 Å². The van der Waals surface area contributed by atoms with Crippen LogP contribution in [0.25, 0.3) is 11.0 Å². The normalized spacial score (nSPS) is 21.1. The van der Waals surface area contributed by atoms with E-state index in [1.54, 1.807) is 31.2 Å². The summed E-state index contributed by atoms with van der Waals surface area (Å²) in [4.78, 5) is 36.4. The molecule has 7 nitrogen and oxygen atoms in total. The molecule has 2 atom stereocenters. The van der Waals surface area contributed by atoms with Crippen LogP contribution in [0.3, 0.4) is 0 Å². The van der Waals surface area contributed by atoms with Crippen molar-refractivity contribution in [3.05, 3.63) is 46.3 Å². The number of benzene rings is 1. The van der Waals surface area contributed by atoms with Crippen LogP contribution in [0.1, 0.15) is 17.3 Å². The monoisotopic (exact) mass is 305 g/mol. The Kier molecular flexibility index (Phi) is 3.53.